The second-order valence-electron chi connectivity index (χ2n) is 8.43. The predicted molar refractivity (Wildman–Crippen MR) is 140 cm³/mol. The van der Waals surface area contributed by atoms with Crippen molar-refractivity contribution in [3.63, 3.8) is 0 Å². The van der Waals surface area contributed by atoms with E-state index in [1.165, 1.54) is 12.1 Å². The van der Waals surface area contributed by atoms with Gasteiger partial charge in [-0.3, -0.25) is 9.52 Å². The Hall–Kier alpha value is -3.84. The molecule has 0 spiro atoms. The third-order valence-electron chi connectivity index (χ3n) is 5.74. The molecule has 0 saturated heterocycles. The third-order valence-corrected chi connectivity index (χ3v) is 7.12. The second kappa shape index (κ2) is 10.2. The second-order valence-corrected chi connectivity index (χ2v) is 10.1. The van der Waals surface area contributed by atoms with Crippen LogP contribution in [-0.4, -0.2) is 20.4 Å². The molecule has 1 amide bonds. The lowest BCUT2D eigenvalue weighted by molar-refractivity contribution is -0.122. The molecule has 4 aromatic rings. The summed E-state index contributed by atoms with van der Waals surface area (Å²) in [4.78, 5) is 12.9. The number of hydrogen-bond acceptors (Lipinski definition) is 4. The van der Waals surface area contributed by atoms with E-state index in [0.29, 0.717) is 23.5 Å². The first kappa shape index (κ1) is 24.3. The Kier molecular flexibility index (Phi) is 7.07. The SMILES string of the molecule is CCC(Oc1cc(C)ccc1C)C(=O)Nc1ccc(S(=O)(=O)Nc2cccc3ccccc23)cc1. The fourth-order valence-electron chi connectivity index (χ4n) is 3.77. The highest BCUT2D eigenvalue weighted by molar-refractivity contribution is 7.92. The number of benzene rings is 4. The van der Waals surface area contributed by atoms with Crippen LogP contribution >= 0.6 is 0 Å². The van der Waals surface area contributed by atoms with Crippen LogP contribution in [0.15, 0.2) is 89.8 Å². The van der Waals surface area contributed by atoms with E-state index in [9.17, 15) is 13.2 Å². The van der Waals surface area contributed by atoms with Crippen LogP contribution in [0.5, 0.6) is 5.75 Å². The average Bonchev–Trinajstić information content (AvgIpc) is 2.85. The van der Waals surface area contributed by atoms with Gasteiger partial charge in [0.15, 0.2) is 6.10 Å². The van der Waals surface area contributed by atoms with E-state index >= 15 is 0 Å². The molecule has 0 radical (unpaired) electrons. The molecule has 35 heavy (non-hydrogen) atoms. The van der Waals surface area contributed by atoms with Gasteiger partial charge in [0, 0.05) is 11.1 Å². The van der Waals surface area contributed by atoms with Crippen molar-refractivity contribution in [2.24, 2.45) is 0 Å². The fraction of sp³-hybridized carbons (Fsp3) is 0.179. The Labute approximate surface area is 206 Å². The first-order chi connectivity index (χ1) is 16.8. The summed E-state index contributed by atoms with van der Waals surface area (Å²) in [7, 11) is -3.81. The molecule has 0 saturated carbocycles. The van der Waals surface area contributed by atoms with Crippen LogP contribution in [0.4, 0.5) is 11.4 Å². The Morgan fingerprint density at radius 1 is 0.914 bits per heavy atom. The van der Waals surface area contributed by atoms with E-state index in [1.807, 2.05) is 75.4 Å². The maximum absolute atomic E-state index is 13.0. The van der Waals surface area contributed by atoms with E-state index < -0.39 is 16.1 Å². The molecule has 1 unspecified atom stereocenters. The number of ether oxygens (including phenoxy) is 1. The van der Waals surface area contributed by atoms with Crippen LogP contribution in [0, 0.1) is 13.8 Å². The van der Waals surface area contributed by atoms with E-state index in [-0.39, 0.29) is 10.8 Å². The maximum atomic E-state index is 13.0. The van der Waals surface area contributed by atoms with Gasteiger partial charge < -0.3 is 10.1 Å². The maximum Gasteiger partial charge on any atom is 0.265 e. The number of sulfonamides is 1. The van der Waals surface area contributed by atoms with Crippen molar-refractivity contribution in [2.75, 3.05) is 10.0 Å². The third kappa shape index (κ3) is 5.63. The minimum absolute atomic E-state index is 0.0992. The number of anilines is 2. The van der Waals surface area contributed by atoms with Gasteiger partial charge in [-0.2, -0.15) is 0 Å². The van der Waals surface area contributed by atoms with Gasteiger partial charge in [0.25, 0.3) is 15.9 Å². The highest BCUT2D eigenvalue weighted by Gasteiger charge is 2.20. The van der Waals surface area contributed by atoms with E-state index in [0.717, 1.165) is 21.9 Å². The van der Waals surface area contributed by atoms with Crippen molar-refractivity contribution in [1.82, 2.24) is 0 Å². The molecular formula is C28H28N2O4S. The van der Waals surface area contributed by atoms with Gasteiger partial charge in [0.2, 0.25) is 0 Å². The molecule has 0 heterocycles. The number of hydrogen-bond donors (Lipinski definition) is 2. The number of carbonyl (C=O) groups is 1. The first-order valence-corrected chi connectivity index (χ1v) is 12.9. The smallest absolute Gasteiger partial charge is 0.265 e. The van der Waals surface area contributed by atoms with E-state index in [4.69, 9.17) is 4.74 Å². The lowest BCUT2D eigenvalue weighted by atomic mass is 10.1. The van der Waals surface area contributed by atoms with E-state index in [1.54, 1.807) is 18.2 Å². The van der Waals surface area contributed by atoms with Gasteiger partial charge in [-0.05, 0) is 73.2 Å². The Bertz CT molecular complexity index is 1460. The molecule has 2 N–H and O–H groups in total. The quantitative estimate of drug-likeness (QED) is 0.316. The largest absolute Gasteiger partial charge is 0.480 e. The molecule has 0 bridgehead atoms. The van der Waals surface area contributed by atoms with Crippen molar-refractivity contribution < 1.29 is 17.9 Å². The monoisotopic (exact) mass is 488 g/mol. The zero-order valence-corrected chi connectivity index (χ0v) is 20.7. The molecule has 0 fully saturated rings. The first-order valence-electron chi connectivity index (χ1n) is 11.4. The Balaban J connectivity index is 1.46. The molecule has 4 aromatic carbocycles. The van der Waals surface area contributed by atoms with Crippen LogP contribution < -0.4 is 14.8 Å². The summed E-state index contributed by atoms with van der Waals surface area (Å²) < 4.78 is 34.6. The van der Waals surface area contributed by atoms with Gasteiger partial charge in [0.1, 0.15) is 5.75 Å². The summed E-state index contributed by atoms with van der Waals surface area (Å²) in [5.41, 5.74) is 3.00. The van der Waals surface area contributed by atoms with Gasteiger partial charge in [-0.1, -0.05) is 55.5 Å². The Morgan fingerprint density at radius 2 is 1.63 bits per heavy atom. The van der Waals surface area contributed by atoms with Gasteiger partial charge in [-0.15, -0.1) is 0 Å². The highest BCUT2D eigenvalue weighted by atomic mass is 32.2. The number of aryl methyl sites for hydroxylation is 2. The van der Waals surface area contributed by atoms with Crippen molar-refractivity contribution in [3.05, 3.63) is 96.1 Å². The molecule has 0 aliphatic rings. The summed E-state index contributed by atoms with van der Waals surface area (Å²) >= 11 is 0. The Morgan fingerprint density at radius 3 is 2.37 bits per heavy atom. The van der Waals surface area contributed by atoms with Crippen molar-refractivity contribution in [2.45, 2.75) is 38.2 Å². The highest BCUT2D eigenvalue weighted by Crippen LogP contribution is 2.26. The number of rotatable bonds is 8. The molecule has 0 aromatic heterocycles. The minimum atomic E-state index is -3.81. The number of fused-ring (bicyclic) bond motifs is 1. The van der Waals surface area contributed by atoms with Crippen LogP contribution in [0.25, 0.3) is 10.8 Å². The van der Waals surface area contributed by atoms with E-state index in [2.05, 4.69) is 10.0 Å². The van der Waals surface area contributed by atoms with Gasteiger partial charge in [0.05, 0.1) is 10.6 Å². The topological polar surface area (TPSA) is 84.5 Å². The van der Waals surface area contributed by atoms with Crippen molar-refractivity contribution in [1.29, 1.82) is 0 Å². The van der Waals surface area contributed by atoms with Crippen LogP contribution in [-0.2, 0) is 14.8 Å². The standard InChI is InChI=1S/C28H28N2O4S/c1-4-26(34-27-18-19(2)12-13-20(27)3)28(31)29-22-14-16-23(17-15-22)35(32,33)30-25-11-7-9-21-8-5-6-10-24(21)25/h5-18,26,30H,4H2,1-3H3,(H,29,31). The van der Waals surface area contributed by atoms with Crippen molar-refractivity contribution in [3.8, 4) is 5.75 Å². The fourth-order valence-corrected chi connectivity index (χ4v) is 4.85. The molecule has 1 atom stereocenters. The molecular weight excluding hydrogens is 460 g/mol. The van der Waals surface area contributed by atoms with Crippen LogP contribution in [0.3, 0.4) is 0 Å². The summed E-state index contributed by atoms with van der Waals surface area (Å²) in [6.45, 7) is 5.78. The summed E-state index contributed by atoms with van der Waals surface area (Å²) in [6.07, 6.45) is -0.187. The minimum Gasteiger partial charge on any atom is -0.480 e. The van der Waals surface area contributed by atoms with Crippen LogP contribution in [0.2, 0.25) is 0 Å². The summed E-state index contributed by atoms with van der Waals surface area (Å²) in [5.74, 6) is 0.380. The number of nitrogens with one attached hydrogen (secondary N) is 2. The predicted octanol–water partition coefficient (Wildman–Crippen LogP) is 6.05. The summed E-state index contributed by atoms with van der Waals surface area (Å²) in [5, 5.41) is 4.58. The van der Waals surface area contributed by atoms with Crippen molar-refractivity contribution >= 4 is 38.1 Å². The zero-order chi connectivity index (χ0) is 25.0. The lowest BCUT2D eigenvalue weighted by Gasteiger charge is -2.19. The normalized spacial score (nSPS) is 12.2. The average molecular weight is 489 g/mol. The number of amides is 1. The van der Waals surface area contributed by atoms with Gasteiger partial charge >= 0.3 is 0 Å². The number of carbonyl (C=O) groups excluding carboxylic acids is 1. The molecule has 0 aliphatic carbocycles. The molecule has 180 valence electrons. The summed E-state index contributed by atoms with van der Waals surface area (Å²) in [6, 6.07) is 25.0. The van der Waals surface area contributed by atoms with Gasteiger partial charge in [-0.25, -0.2) is 8.42 Å². The lowest BCUT2D eigenvalue weighted by Crippen LogP contribution is -2.32. The molecule has 6 nitrogen and oxygen atoms in total. The molecule has 4 rings (SSSR count). The zero-order valence-electron chi connectivity index (χ0n) is 19.9. The molecule has 7 heteroatoms. The van der Waals surface area contributed by atoms with Crippen LogP contribution in [0.1, 0.15) is 24.5 Å². The molecule has 0 aliphatic heterocycles.